The Balaban J connectivity index is 1.39. The van der Waals surface area contributed by atoms with E-state index in [9.17, 15) is 9.59 Å². The first-order valence-electron chi connectivity index (χ1n) is 9.22. The Morgan fingerprint density at radius 1 is 1.12 bits per heavy atom. The van der Waals surface area contributed by atoms with Gasteiger partial charge in [0.15, 0.2) is 18.1 Å². The molecule has 1 N–H and O–H groups in total. The van der Waals surface area contributed by atoms with Crippen molar-refractivity contribution in [1.82, 2.24) is 5.32 Å². The lowest BCUT2D eigenvalue weighted by atomic mass is 9.89. The van der Waals surface area contributed by atoms with E-state index < -0.39 is 5.97 Å². The molecular weight excluding hydrogens is 334 g/mol. The number of ether oxygens (including phenoxy) is 3. The van der Waals surface area contributed by atoms with E-state index in [1.807, 2.05) is 6.07 Å². The first-order valence-corrected chi connectivity index (χ1v) is 9.22. The van der Waals surface area contributed by atoms with E-state index in [-0.39, 0.29) is 12.5 Å². The SMILES string of the molecule is O=C(COC(=O)/C=C/c1ccc2c(c1)OCCO2)NCC1CCCCC1. The minimum absolute atomic E-state index is 0.253. The number of benzene rings is 1. The van der Waals surface area contributed by atoms with Crippen LogP contribution in [0, 0.1) is 5.92 Å². The molecule has 2 aliphatic rings. The van der Waals surface area contributed by atoms with E-state index >= 15 is 0 Å². The summed E-state index contributed by atoms with van der Waals surface area (Å²) in [5.41, 5.74) is 0.799. The average molecular weight is 359 g/mol. The van der Waals surface area contributed by atoms with Gasteiger partial charge in [0.25, 0.3) is 5.91 Å². The Hall–Kier alpha value is -2.50. The third-order valence-corrected chi connectivity index (χ3v) is 4.64. The van der Waals surface area contributed by atoms with Crippen molar-refractivity contribution >= 4 is 18.0 Å². The maximum atomic E-state index is 11.8. The van der Waals surface area contributed by atoms with Gasteiger partial charge < -0.3 is 19.5 Å². The van der Waals surface area contributed by atoms with Crippen molar-refractivity contribution in [3.05, 3.63) is 29.8 Å². The number of esters is 1. The van der Waals surface area contributed by atoms with Crippen LogP contribution in [0.4, 0.5) is 0 Å². The fourth-order valence-corrected chi connectivity index (χ4v) is 3.21. The van der Waals surface area contributed by atoms with Crippen molar-refractivity contribution in [2.45, 2.75) is 32.1 Å². The summed E-state index contributed by atoms with van der Waals surface area (Å²) in [5.74, 6) is 1.11. The van der Waals surface area contributed by atoms with Crippen molar-refractivity contribution in [3.63, 3.8) is 0 Å². The van der Waals surface area contributed by atoms with E-state index in [2.05, 4.69) is 5.32 Å². The Morgan fingerprint density at radius 3 is 2.69 bits per heavy atom. The minimum atomic E-state index is -0.548. The summed E-state index contributed by atoms with van der Waals surface area (Å²) in [6, 6.07) is 5.43. The second-order valence-electron chi connectivity index (χ2n) is 6.65. The van der Waals surface area contributed by atoms with Crippen LogP contribution in [-0.2, 0) is 14.3 Å². The van der Waals surface area contributed by atoms with Crippen molar-refractivity contribution in [3.8, 4) is 11.5 Å². The molecule has 1 saturated carbocycles. The predicted octanol–water partition coefficient (Wildman–Crippen LogP) is 2.71. The number of carbonyl (C=O) groups is 2. The summed E-state index contributed by atoms with van der Waals surface area (Å²) in [5, 5.41) is 2.85. The number of nitrogens with one attached hydrogen (secondary N) is 1. The van der Waals surface area contributed by atoms with Crippen LogP contribution in [0.25, 0.3) is 6.08 Å². The zero-order valence-electron chi connectivity index (χ0n) is 14.9. The molecule has 1 aliphatic carbocycles. The molecule has 0 radical (unpaired) electrons. The Bertz CT molecular complexity index is 664. The Kier molecular flexibility index (Phi) is 6.52. The number of carbonyl (C=O) groups excluding carboxylic acids is 2. The van der Waals surface area contributed by atoms with Gasteiger partial charge in [-0.2, -0.15) is 0 Å². The molecule has 0 aromatic heterocycles. The second kappa shape index (κ2) is 9.27. The van der Waals surface area contributed by atoms with Crippen LogP contribution in [0.15, 0.2) is 24.3 Å². The summed E-state index contributed by atoms with van der Waals surface area (Å²) in [7, 11) is 0. The standard InChI is InChI=1S/C20H25NO5/c22-19(21-13-16-4-2-1-3-5-16)14-26-20(23)9-7-15-6-8-17-18(12-15)25-11-10-24-17/h6-9,12,16H,1-5,10-11,13-14H2,(H,21,22)/b9-7+. The molecular formula is C20H25NO5. The highest BCUT2D eigenvalue weighted by Gasteiger charge is 2.15. The van der Waals surface area contributed by atoms with Crippen molar-refractivity contribution in [1.29, 1.82) is 0 Å². The molecule has 0 spiro atoms. The van der Waals surface area contributed by atoms with Crippen LogP contribution in [0.3, 0.4) is 0 Å². The van der Waals surface area contributed by atoms with E-state index in [1.165, 1.54) is 38.2 Å². The predicted molar refractivity (Wildman–Crippen MR) is 97.0 cm³/mol. The third-order valence-electron chi connectivity index (χ3n) is 4.64. The Labute approximate surface area is 153 Å². The van der Waals surface area contributed by atoms with Crippen LogP contribution in [-0.4, -0.2) is 38.2 Å². The Morgan fingerprint density at radius 2 is 1.88 bits per heavy atom. The summed E-state index contributed by atoms with van der Waals surface area (Å²) in [6.45, 7) is 1.47. The maximum absolute atomic E-state index is 11.8. The van der Waals surface area contributed by atoms with Gasteiger partial charge in [-0.25, -0.2) is 4.79 Å². The van der Waals surface area contributed by atoms with Crippen molar-refractivity contribution in [2.24, 2.45) is 5.92 Å². The molecule has 1 amide bonds. The fourth-order valence-electron chi connectivity index (χ4n) is 3.21. The normalized spacial score (nSPS) is 17.1. The molecule has 1 fully saturated rings. The van der Waals surface area contributed by atoms with Gasteiger partial charge in [-0.05, 0) is 42.5 Å². The molecule has 1 aromatic carbocycles. The quantitative estimate of drug-likeness (QED) is 0.624. The molecule has 140 valence electrons. The topological polar surface area (TPSA) is 73.9 Å². The van der Waals surface area contributed by atoms with Crippen LogP contribution in [0.5, 0.6) is 11.5 Å². The lowest BCUT2D eigenvalue weighted by Gasteiger charge is -2.21. The molecule has 26 heavy (non-hydrogen) atoms. The largest absolute Gasteiger partial charge is 0.486 e. The number of fused-ring (bicyclic) bond motifs is 1. The molecule has 3 rings (SSSR count). The van der Waals surface area contributed by atoms with Gasteiger partial charge in [0, 0.05) is 12.6 Å². The smallest absolute Gasteiger partial charge is 0.331 e. The van der Waals surface area contributed by atoms with Gasteiger partial charge in [-0.1, -0.05) is 25.3 Å². The molecule has 1 heterocycles. The summed E-state index contributed by atoms with van der Waals surface area (Å²) in [4.78, 5) is 23.6. The third kappa shape index (κ3) is 5.51. The van der Waals surface area contributed by atoms with Crippen LogP contribution in [0.2, 0.25) is 0 Å². The highest BCUT2D eigenvalue weighted by atomic mass is 16.6. The van der Waals surface area contributed by atoms with Gasteiger partial charge in [0.2, 0.25) is 0 Å². The molecule has 0 saturated heterocycles. The summed E-state index contributed by atoms with van der Waals surface area (Å²) in [6.07, 6.45) is 9.02. The highest BCUT2D eigenvalue weighted by Crippen LogP contribution is 2.31. The van der Waals surface area contributed by atoms with Crippen molar-refractivity contribution < 1.29 is 23.8 Å². The molecule has 6 heteroatoms. The van der Waals surface area contributed by atoms with Gasteiger partial charge in [0.1, 0.15) is 13.2 Å². The summed E-state index contributed by atoms with van der Waals surface area (Å²) < 4.78 is 15.9. The lowest BCUT2D eigenvalue weighted by molar-refractivity contribution is -0.143. The highest BCUT2D eigenvalue weighted by molar-refractivity contribution is 5.89. The van der Waals surface area contributed by atoms with Gasteiger partial charge in [0.05, 0.1) is 0 Å². The first kappa shape index (κ1) is 18.3. The monoisotopic (exact) mass is 359 g/mol. The molecule has 0 atom stereocenters. The molecule has 1 aliphatic heterocycles. The van der Waals surface area contributed by atoms with Crippen molar-refractivity contribution in [2.75, 3.05) is 26.4 Å². The zero-order valence-corrected chi connectivity index (χ0v) is 14.9. The van der Waals surface area contributed by atoms with E-state index in [0.29, 0.717) is 37.2 Å². The molecule has 0 bridgehead atoms. The van der Waals surface area contributed by atoms with Gasteiger partial charge in [-0.15, -0.1) is 0 Å². The maximum Gasteiger partial charge on any atom is 0.331 e. The number of amides is 1. The number of rotatable bonds is 6. The second-order valence-corrected chi connectivity index (χ2v) is 6.65. The van der Waals surface area contributed by atoms with Crippen LogP contribution < -0.4 is 14.8 Å². The average Bonchev–Trinajstić information content (AvgIpc) is 2.69. The first-order chi connectivity index (χ1) is 12.7. The molecule has 6 nitrogen and oxygen atoms in total. The number of hydrogen-bond acceptors (Lipinski definition) is 5. The minimum Gasteiger partial charge on any atom is -0.486 e. The fraction of sp³-hybridized carbons (Fsp3) is 0.500. The van der Waals surface area contributed by atoms with E-state index in [0.717, 1.165) is 5.56 Å². The number of hydrogen-bond donors (Lipinski definition) is 1. The lowest BCUT2D eigenvalue weighted by Crippen LogP contribution is -2.33. The van der Waals surface area contributed by atoms with Crippen LogP contribution >= 0.6 is 0 Å². The zero-order chi connectivity index (χ0) is 18.2. The molecule has 1 aromatic rings. The van der Waals surface area contributed by atoms with Gasteiger partial charge in [-0.3, -0.25) is 4.79 Å². The molecule has 0 unspecified atom stereocenters. The van der Waals surface area contributed by atoms with E-state index in [1.54, 1.807) is 18.2 Å². The van der Waals surface area contributed by atoms with Crippen LogP contribution in [0.1, 0.15) is 37.7 Å². The van der Waals surface area contributed by atoms with Gasteiger partial charge >= 0.3 is 5.97 Å². The van der Waals surface area contributed by atoms with E-state index in [4.69, 9.17) is 14.2 Å². The summed E-state index contributed by atoms with van der Waals surface area (Å²) >= 11 is 0.